The van der Waals surface area contributed by atoms with Gasteiger partial charge in [0.25, 0.3) is 0 Å². The molecule has 1 unspecified atom stereocenters. The average molecular weight is 381 g/mol. The molecule has 28 heavy (non-hydrogen) atoms. The summed E-state index contributed by atoms with van der Waals surface area (Å²) < 4.78 is 5.49. The van der Waals surface area contributed by atoms with Crippen molar-refractivity contribution < 1.29 is 9.53 Å². The third-order valence-corrected chi connectivity index (χ3v) is 6.22. The Kier molecular flexibility index (Phi) is 5.12. The van der Waals surface area contributed by atoms with E-state index in [1.807, 2.05) is 18.2 Å². The molecule has 2 heterocycles. The zero-order valence-corrected chi connectivity index (χ0v) is 16.4. The van der Waals surface area contributed by atoms with Gasteiger partial charge in [-0.2, -0.15) is 5.26 Å². The van der Waals surface area contributed by atoms with Gasteiger partial charge in [-0.1, -0.05) is 31.4 Å². The smallest absolute Gasteiger partial charge is 0.246 e. The fourth-order valence-corrected chi connectivity index (χ4v) is 4.67. The van der Waals surface area contributed by atoms with Gasteiger partial charge in [0.2, 0.25) is 11.9 Å². The summed E-state index contributed by atoms with van der Waals surface area (Å²) in [5, 5.41) is 12.5. The molecule has 1 amide bonds. The van der Waals surface area contributed by atoms with Crippen LogP contribution in [0.5, 0.6) is 5.75 Å². The molecular weight excluding hydrogens is 354 g/mol. The second-order valence-corrected chi connectivity index (χ2v) is 7.80. The van der Waals surface area contributed by atoms with E-state index in [9.17, 15) is 10.1 Å². The van der Waals surface area contributed by atoms with Crippen LogP contribution in [-0.4, -0.2) is 55.6 Å². The van der Waals surface area contributed by atoms with Crippen molar-refractivity contribution in [2.45, 2.75) is 37.6 Å². The topological polar surface area (TPSA) is 81.0 Å². The molecule has 1 aromatic rings. The minimum atomic E-state index is -0.675. The molecule has 4 rings (SSSR count). The lowest BCUT2D eigenvalue weighted by atomic mass is 9.72. The van der Waals surface area contributed by atoms with Crippen LogP contribution in [0.15, 0.2) is 29.3 Å². The van der Waals surface area contributed by atoms with E-state index in [1.165, 1.54) is 0 Å². The lowest BCUT2D eigenvalue weighted by molar-refractivity contribution is -0.125. The summed E-state index contributed by atoms with van der Waals surface area (Å²) in [5.74, 6) is 0.656. The Hall–Kier alpha value is -2.75. The standard InChI is InChI=1S/C21H27N5O2/c1-28-18-8-4-3-7-17(18)25-11-13-26(14-12-25)20-23-19(27)16(15-22)21(24-20)9-5-2-6-10-21/h3-4,7-8,16H,2,5-6,9-14H2,1H3,(H,23,24,27). The maximum absolute atomic E-state index is 12.7. The van der Waals surface area contributed by atoms with Gasteiger partial charge in [0.1, 0.15) is 5.75 Å². The molecule has 2 aliphatic heterocycles. The van der Waals surface area contributed by atoms with Crippen molar-refractivity contribution in [2.24, 2.45) is 10.9 Å². The van der Waals surface area contributed by atoms with E-state index >= 15 is 0 Å². The van der Waals surface area contributed by atoms with Crippen LogP contribution in [0, 0.1) is 17.2 Å². The molecule has 1 aromatic carbocycles. The fraction of sp³-hybridized carbons (Fsp3) is 0.571. The van der Waals surface area contributed by atoms with Crippen molar-refractivity contribution in [3.05, 3.63) is 24.3 Å². The first-order valence-electron chi connectivity index (χ1n) is 10.1. The normalized spacial score (nSPS) is 24.4. The SMILES string of the molecule is COc1ccccc1N1CCN(C2=NC3(CCCCC3)C(C#N)C(=O)N2)CC1. The van der Waals surface area contributed by atoms with Gasteiger partial charge in [-0.05, 0) is 25.0 Å². The van der Waals surface area contributed by atoms with Gasteiger partial charge in [-0.25, -0.2) is 4.99 Å². The third kappa shape index (κ3) is 3.28. The maximum atomic E-state index is 12.7. The van der Waals surface area contributed by atoms with Crippen LogP contribution in [0.3, 0.4) is 0 Å². The van der Waals surface area contributed by atoms with E-state index in [1.54, 1.807) is 7.11 Å². The number of methoxy groups -OCH3 is 1. The number of rotatable bonds is 2. The zero-order chi connectivity index (χ0) is 19.6. The Morgan fingerprint density at radius 2 is 1.82 bits per heavy atom. The average Bonchev–Trinajstić information content (AvgIpc) is 2.74. The first kappa shape index (κ1) is 18.6. The largest absolute Gasteiger partial charge is 0.495 e. The number of piperazine rings is 1. The van der Waals surface area contributed by atoms with Crippen LogP contribution in [-0.2, 0) is 4.79 Å². The van der Waals surface area contributed by atoms with Crippen molar-refractivity contribution in [3.8, 4) is 11.8 Å². The lowest BCUT2D eigenvalue weighted by Crippen LogP contribution is -2.60. The minimum Gasteiger partial charge on any atom is -0.495 e. The highest BCUT2D eigenvalue weighted by atomic mass is 16.5. The predicted molar refractivity (Wildman–Crippen MR) is 107 cm³/mol. The maximum Gasteiger partial charge on any atom is 0.246 e. The van der Waals surface area contributed by atoms with E-state index in [0.717, 1.165) is 69.7 Å². The van der Waals surface area contributed by atoms with Gasteiger partial charge < -0.3 is 14.5 Å². The Bertz CT molecular complexity index is 801. The number of ether oxygens (including phenoxy) is 1. The molecular formula is C21H27N5O2. The van der Waals surface area contributed by atoms with Crippen LogP contribution < -0.4 is 15.0 Å². The number of hydrogen-bond donors (Lipinski definition) is 1. The molecule has 1 saturated heterocycles. The van der Waals surface area contributed by atoms with Crippen LogP contribution >= 0.6 is 0 Å². The van der Waals surface area contributed by atoms with Crippen molar-refractivity contribution in [1.82, 2.24) is 10.2 Å². The molecule has 2 fully saturated rings. The highest BCUT2D eigenvalue weighted by Gasteiger charge is 2.48. The number of nitrogens with one attached hydrogen (secondary N) is 1. The summed E-state index contributed by atoms with van der Waals surface area (Å²) >= 11 is 0. The van der Waals surface area contributed by atoms with Crippen LogP contribution in [0.1, 0.15) is 32.1 Å². The Labute approximate surface area is 166 Å². The fourth-order valence-electron chi connectivity index (χ4n) is 4.67. The van der Waals surface area contributed by atoms with Gasteiger partial charge in [0, 0.05) is 26.2 Å². The summed E-state index contributed by atoms with van der Waals surface area (Å²) in [6, 6.07) is 10.3. The number of aliphatic imine (C=N–C) groups is 1. The third-order valence-electron chi connectivity index (χ3n) is 6.22. The number of hydrogen-bond acceptors (Lipinski definition) is 6. The van der Waals surface area contributed by atoms with Gasteiger partial charge in [0.05, 0.1) is 24.4 Å². The first-order valence-corrected chi connectivity index (χ1v) is 10.1. The zero-order valence-electron chi connectivity index (χ0n) is 16.4. The number of carbonyl (C=O) groups is 1. The molecule has 1 aliphatic carbocycles. The molecule has 1 saturated carbocycles. The van der Waals surface area contributed by atoms with Crippen molar-refractivity contribution in [3.63, 3.8) is 0 Å². The van der Waals surface area contributed by atoms with Gasteiger partial charge >= 0.3 is 0 Å². The number of para-hydroxylation sites is 2. The second-order valence-electron chi connectivity index (χ2n) is 7.80. The second kappa shape index (κ2) is 7.70. The minimum absolute atomic E-state index is 0.193. The molecule has 0 radical (unpaired) electrons. The van der Waals surface area contributed by atoms with Crippen LogP contribution in [0.4, 0.5) is 5.69 Å². The molecule has 1 spiro atoms. The van der Waals surface area contributed by atoms with E-state index in [-0.39, 0.29) is 5.91 Å². The molecule has 7 nitrogen and oxygen atoms in total. The number of nitrogens with zero attached hydrogens (tertiary/aromatic N) is 4. The van der Waals surface area contributed by atoms with E-state index in [4.69, 9.17) is 9.73 Å². The molecule has 1 N–H and O–H groups in total. The van der Waals surface area contributed by atoms with Crippen LogP contribution in [0.25, 0.3) is 0 Å². The molecule has 7 heteroatoms. The summed E-state index contributed by atoms with van der Waals surface area (Å²) in [6.07, 6.45) is 4.87. The number of carbonyl (C=O) groups excluding carboxylic acids is 1. The molecule has 0 bridgehead atoms. The Morgan fingerprint density at radius 3 is 2.50 bits per heavy atom. The highest BCUT2D eigenvalue weighted by molar-refractivity contribution is 6.02. The monoisotopic (exact) mass is 381 g/mol. The summed E-state index contributed by atoms with van der Waals surface area (Å²) in [6.45, 7) is 3.18. The molecule has 3 aliphatic rings. The number of anilines is 1. The molecule has 0 aromatic heterocycles. The van der Waals surface area contributed by atoms with E-state index in [0.29, 0.717) is 5.96 Å². The lowest BCUT2D eigenvalue weighted by Gasteiger charge is -2.44. The van der Waals surface area contributed by atoms with Crippen molar-refractivity contribution in [1.29, 1.82) is 5.26 Å². The predicted octanol–water partition coefficient (Wildman–Crippen LogP) is 2.15. The summed E-state index contributed by atoms with van der Waals surface area (Å²) in [5.41, 5.74) is 0.553. The van der Waals surface area contributed by atoms with Gasteiger partial charge in [-0.15, -0.1) is 0 Å². The van der Waals surface area contributed by atoms with E-state index in [2.05, 4.69) is 27.3 Å². The summed E-state index contributed by atoms with van der Waals surface area (Å²) in [4.78, 5) is 22.1. The Morgan fingerprint density at radius 1 is 1.14 bits per heavy atom. The van der Waals surface area contributed by atoms with Gasteiger partial charge in [-0.3, -0.25) is 10.1 Å². The number of nitriles is 1. The Balaban J connectivity index is 1.51. The molecule has 1 atom stereocenters. The molecule has 148 valence electrons. The number of benzene rings is 1. The number of guanidine groups is 1. The quantitative estimate of drug-likeness (QED) is 0.849. The van der Waals surface area contributed by atoms with Crippen LogP contribution in [0.2, 0.25) is 0 Å². The van der Waals surface area contributed by atoms with E-state index < -0.39 is 11.5 Å². The van der Waals surface area contributed by atoms with Crippen molar-refractivity contribution in [2.75, 3.05) is 38.2 Å². The van der Waals surface area contributed by atoms with Gasteiger partial charge in [0.15, 0.2) is 5.92 Å². The highest BCUT2D eigenvalue weighted by Crippen LogP contribution is 2.40. The number of amides is 1. The van der Waals surface area contributed by atoms with Crippen molar-refractivity contribution >= 4 is 17.6 Å². The first-order chi connectivity index (χ1) is 13.7. The summed E-state index contributed by atoms with van der Waals surface area (Å²) in [7, 11) is 1.69.